The molecule has 0 saturated heterocycles. The van der Waals surface area contributed by atoms with Gasteiger partial charge in [-0.2, -0.15) is 0 Å². The Morgan fingerprint density at radius 1 is 1.20 bits per heavy atom. The molecule has 2 rings (SSSR count). The van der Waals surface area contributed by atoms with Gasteiger partial charge in [0.25, 0.3) is 0 Å². The van der Waals surface area contributed by atoms with Gasteiger partial charge in [-0.3, -0.25) is 0 Å². The molecule has 1 nitrogen and oxygen atoms in total. The van der Waals surface area contributed by atoms with Crippen LogP contribution in [-0.4, -0.2) is 5.54 Å². The van der Waals surface area contributed by atoms with Crippen molar-refractivity contribution in [2.75, 3.05) is 0 Å². The van der Waals surface area contributed by atoms with Crippen LogP contribution in [0.1, 0.15) is 51.5 Å². The summed E-state index contributed by atoms with van der Waals surface area (Å²) in [5.74, 6) is 0.396. The second kappa shape index (κ2) is 6.21. The zero-order chi connectivity index (χ0) is 14.8. The topological polar surface area (TPSA) is 26.0 Å². The smallest absolute Gasteiger partial charge is 0.129 e. The van der Waals surface area contributed by atoms with Gasteiger partial charge in [0, 0.05) is 11.1 Å². The average molecular weight is 281 g/mol. The van der Waals surface area contributed by atoms with Gasteiger partial charge in [-0.15, -0.1) is 0 Å². The van der Waals surface area contributed by atoms with Crippen molar-refractivity contribution in [3.8, 4) is 0 Å². The minimum atomic E-state index is -0.473. The summed E-state index contributed by atoms with van der Waals surface area (Å²) in [5.41, 5.74) is 6.14. The van der Waals surface area contributed by atoms with Crippen molar-refractivity contribution in [3.05, 3.63) is 35.4 Å². The molecular formula is C17H25F2N. The highest BCUT2D eigenvalue weighted by atomic mass is 19.1. The Bertz CT molecular complexity index is 438. The summed E-state index contributed by atoms with van der Waals surface area (Å²) in [4.78, 5) is 0. The second-order valence-electron chi connectivity index (χ2n) is 6.67. The van der Waals surface area contributed by atoms with E-state index >= 15 is 0 Å². The SMILES string of the molecule is CC(C)C1CCCC(N)(Cc2c(F)cccc2F)CC1. The van der Waals surface area contributed by atoms with Gasteiger partial charge < -0.3 is 5.73 Å². The third kappa shape index (κ3) is 3.57. The summed E-state index contributed by atoms with van der Waals surface area (Å²) >= 11 is 0. The molecule has 0 amide bonds. The van der Waals surface area contributed by atoms with Gasteiger partial charge in [-0.1, -0.05) is 32.8 Å². The predicted octanol–water partition coefficient (Wildman–Crippen LogP) is 4.44. The Kier molecular flexibility index (Phi) is 4.79. The molecule has 2 N–H and O–H groups in total. The van der Waals surface area contributed by atoms with Crippen molar-refractivity contribution in [3.63, 3.8) is 0 Å². The van der Waals surface area contributed by atoms with E-state index in [1.54, 1.807) is 0 Å². The molecule has 3 heteroatoms. The number of benzene rings is 1. The molecule has 20 heavy (non-hydrogen) atoms. The van der Waals surface area contributed by atoms with Crippen LogP contribution in [0.2, 0.25) is 0 Å². The summed E-state index contributed by atoms with van der Waals surface area (Å²) < 4.78 is 27.6. The maximum Gasteiger partial charge on any atom is 0.129 e. The molecule has 1 aliphatic carbocycles. The van der Waals surface area contributed by atoms with Crippen LogP contribution in [-0.2, 0) is 6.42 Å². The molecular weight excluding hydrogens is 256 g/mol. The second-order valence-corrected chi connectivity index (χ2v) is 6.67. The minimum Gasteiger partial charge on any atom is -0.325 e. The third-order valence-electron chi connectivity index (χ3n) is 4.80. The fraction of sp³-hybridized carbons (Fsp3) is 0.647. The van der Waals surface area contributed by atoms with Crippen molar-refractivity contribution in [2.45, 2.75) is 57.9 Å². The van der Waals surface area contributed by atoms with Crippen molar-refractivity contribution < 1.29 is 8.78 Å². The quantitative estimate of drug-likeness (QED) is 0.814. The summed E-state index contributed by atoms with van der Waals surface area (Å²) in [5, 5.41) is 0. The van der Waals surface area contributed by atoms with E-state index in [1.165, 1.54) is 24.6 Å². The average Bonchev–Trinajstić information content (AvgIpc) is 2.57. The predicted molar refractivity (Wildman–Crippen MR) is 78.4 cm³/mol. The Morgan fingerprint density at radius 3 is 2.45 bits per heavy atom. The maximum absolute atomic E-state index is 13.8. The molecule has 0 aliphatic heterocycles. The molecule has 112 valence electrons. The molecule has 0 spiro atoms. The van der Waals surface area contributed by atoms with E-state index in [4.69, 9.17) is 5.73 Å². The molecule has 0 radical (unpaired) electrons. The highest BCUT2D eigenvalue weighted by Crippen LogP contribution is 2.35. The largest absolute Gasteiger partial charge is 0.325 e. The van der Waals surface area contributed by atoms with E-state index < -0.39 is 17.2 Å². The molecule has 1 fully saturated rings. The zero-order valence-corrected chi connectivity index (χ0v) is 12.5. The molecule has 1 aromatic carbocycles. The van der Waals surface area contributed by atoms with Gasteiger partial charge in [-0.05, 0) is 49.7 Å². The lowest BCUT2D eigenvalue weighted by Crippen LogP contribution is -2.42. The normalized spacial score (nSPS) is 27.6. The molecule has 1 aromatic rings. The first-order valence-corrected chi connectivity index (χ1v) is 7.63. The molecule has 0 aromatic heterocycles. The van der Waals surface area contributed by atoms with Crippen molar-refractivity contribution in [1.29, 1.82) is 0 Å². The lowest BCUT2D eigenvalue weighted by molar-refractivity contribution is 0.318. The van der Waals surface area contributed by atoms with Crippen LogP contribution in [0.5, 0.6) is 0 Å². The fourth-order valence-electron chi connectivity index (χ4n) is 3.36. The van der Waals surface area contributed by atoms with Gasteiger partial charge in [0.1, 0.15) is 11.6 Å². The summed E-state index contributed by atoms with van der Waals surface area (Å²) in [6.45, 7) is 4.48. The number of halogens is 2. The van der Waals surface area contributed by atoms with Crippen molar-refractivity contribution in [2.24, 2.45) is 17.6 Å². The first-order valence-electron chi connectivity index (χ1n) is 7.63. The highest BCUT2D eigenvalue weighted by molar-refractivity contribution is 5.22. The summed E-state index contributed by atoms with van der Waals surface area (Å²) in [6, 6.07) is 4.03. The van der Waals surface area contributed by atoms with E-state index in [0.717, 1.165) is 25.7 Å². The summed E-state index contributed by atoms with van der Waals surface area (Å²) in [7, 11) is 0. The van der Waals surface area contributed by atoms with Crippen molar-refractivity contribution in [1.82, 2.24) is 0 Å². The lowest BCUT2D eigenvalue weighted by atomic mass is 9.83. The molecule has 0 heterocycles. The van der Waals surface area contributed by atoms with Gasteiger partial charge >= 0.3 is 0 Å². The van der Waals surface area contributed by atoms with Crippen LogP contribution in [0.15, 0.2) is 18.2 Å². The van der Waals surface area contributed by atoms with E-state index in [2.05, 4.69) is 13.8 Å². The van der Waals surface area contributed by atoms with Crippen LogP contribution in [0.3, 0.4) is 0 Å². The van der Waals surface area contributed by atoms with E-state index in [1.807, 2.05) is 0 Å². The first kappa shape index (κ1) is 15.4. The fourth-order valence-corrected chi connectivity index (χ4v) is 3.36. The van der Waals surface area contributed by atoms with Gasteiger partial charge in [0.2, 0.25) is 0 Å². The van der Waals surface area contributed by atoms with Crippen LogP contribution < -0.4 is 5.73 Å². The molecule has 0 bridgehead atoms. The molecule has 1 aliphatic rings. The van der Waals surface area contributed by atoms with Crippen LogP contribution >= 0.6 is 0 Å². The zero-order valence-electron chi connectivity index (χ0n) is 12.5. The Hall–Kier alpha value is -0.960. The highest BCUT2D eigenvalue weighted by Gasteiger charge is 2.32. The Morgan fingerprint density at radius 2 is 1.85 bits per heavy atom. The summed E-state index contributed by atoms with van der Waals surface area (Å²) in [6.07, 6.45) is 5.29. The first-order chi connectivity index (χ1) is 9.41. The number of hydrogen-bond donors (Lipinski definition) is 1. The standard InChI is InChI=1S/C17H25F2N/c1-12(2)13-5-4-9-17(20,10-8-13)11-14-15(18)6-3-7-16(14)19/h3,6-7,12-13H,4-5,8-11,20H2,1-2H3. The molecule has 2 unspecified atom stereocenters. The van der Waals surface area contributed by atoms with Gasteiger partial charge in [0.05, 0.1) is 0 Å². The van der Waals surface area contributed by atoms with Crippen LogP contribution in [0, 0.1) is 23.5 Å². The minimum absolute atomic E-state index is 0.151. The van der Waals surface area contributed by atoms with Gasteiger partial charge in [-0.25, -0.2) is 8.78 Å². The Labute approximate surface area is 120 Å². The van der Waals surface area contributed by atoms with Gasteiger partial charge in [0.15, 0.2) is 0 Å². The maximum atomic E-state index is 13.8. The number of rotatable bonds is 3. The number of hydrogen-bond acceptors (Lipinski definition) is 1. The monoisotopic (exact) mass is 281 g/mol. The van der Waals surface area contributed by atoms with E-state index in [0.29, 0.717) is 18.3 Å². The van der Waals surface area contributed by atoms with E-state index in [-0.39, 0.29) is 5.56 Å². The lowest BCUT2D eigenvalue weighted by Gasteiger charge is -2.29. The third-order valence-corrected chi connectivity index (χ3v) is 4.80. The van der Waals surface area contributed by atoms with E-state index in [9.17, 15) is 8.78 Å². The molecule has 2 atom stereocenters. The van der Waals surface area contributed by atoms with Crippen LogP contribution in [0.25, 0.3) is 0 Å². The van der Waals surface area contributed by atoms with Crippen molar-refractivity contribution >= 4 is 0 Å². The Balaban J connectivity index is 2.11. The molecule has 1 saturated carbocycles. The number of nitrogens with two attached hydrogens (primary N) is 1. The van der Waals surface area contributed by atoms with Crippen LogP contribution in [0.4, 0.5) is 8.78 Å².